The van der Waals surface area contributed by atoms with Crippen molar-refractivity contribution in [3.8, 4) is 11.3 Å². The van der Waals surface area contributed by atoms with Crippen LogP contribution in [0.3, 0.4) is 0 Å². The van der Waals surface area contributed by atoms with E-state index in [1.807, 2.05) is 24.4 Å². The number of nitrogens with one attached hydrogen (secondary N) is 1. The molecule has 0 bridgehead atoms. The van der Waals surface area contributed by atoms with Gasteiger partial charge in [0.05, 0.1) is 30.3 Å². The number of hydrogen-bond acceptors (Lipinski definition) is 4. The van der Waals surface area contributed by atoms with E-state index in [0.29, 0.717) is 5.75 Å². The fraction of sp³-hybridized carbons (Fsp3) is 0.500. The number of hydrogen-bond donors (Lipinski definition) is 1. The molecule has 1 saturated heterocycles. The largest absolute Gasteiger partial charge is 0.376 e. The molecule has 0 saturated carbocycles. The van der Waals surface area contributed by atoms with E-state index >= 15 is 0 Å². The quantitative estimate of drug-likeness (QED) is 0.462. The lowest BCUT2D eigenvalue weighted by Crippen LogP contribution is -2.26. The molecule has 1 aromatic heterocycles. The maximum Gasteiger partial charge on any atom is 0.230 e. The average Bonchev–Trinajstić information content (AvgIpc) is 3.44. The topological polar surface area (TPSA) is 56.2 Å². The maximum atomic E-state index is 12.4. The summed E-state index contributed by atoms with van der Waals surface area (Å²) in [5, 5.41) is 3.95. The molecule has 5 nitrogen and oxygen atoms in total. The number of aromatic nitrogens is 2. The minimum absolute atomic E-state index is 0.0735. The molecule has 0 radical (unpaired) electrons. The number of ether oxygens (including phenoxy) is 1. The summed E-state index contributed by atoms with van der Waals surface area (Å²) in [6, 6.07) is 10.3. The lowest BCUT2D eigenvalue weighted by molar-refractivity contribution is -0.118. The molecule has 160 valence electrons. The fourth-order valence-corrected chi connectivity index (χ4v) is 4.98. The van der Waals surface area contributed by atoms with Crippen molar-refractivity contribution in [1.29, 1.82) is 0 Å². The number of amides is 1. The van der Waals surface area contributed by atoms with E-state index in [2.05, 4.69) is 33.1 Å². The van der Waals surface area contributed by atoms with Crippen LogP contribution in [0.4, 0.5) is 0 Å². The summed E-state index contributed by atoms with van der Waals surface area (Å²) in [6.45, 7) is 2.34. The molecule has 1 aliphatic heterocycles. The van der Waals surface area contributed by atoms with Crippen LogP contribution >= 0.6 is 11.8 Å². The zero-order valence-electron chi connectivity index (χ0n) is 17.5. The van der Waals surface area contributed by atoms with Crippen LogP contribution in [0.5, 0.6) is 0 Å². The number of thioether (sulfide) groups is 1. The molecule has 2 aromatic rings. The molecule has 2 aliphatic rings. The Bertz CT molecular complexity index is 857. The lowest BCUT2D eigenvalue weighted by Gasteiger charge is -2.16. The van der Waals surface area contributed by atoms with Gasteiger partial charge in [-0.05, 0) is 50.5 Å². The minimum Gasteiger partial charge on any atom is -0.376 e. The molecule has 1 atom stereocenters. The number of rotatable bonds is 9. The van der Waals surface area contributed by atoms with E-state index in [1.165, 1.54) is 43.0 Å². The Morgan fingerprint density at radius 2 is 2.13 bits per heavy atom. The van der Waals surface area contributed by atoms with Crippen molar-refractivity contribution < 1.29 is 9.53 Å². The van der Waals surface area contributed by atoms with Gasteiger partial charge < -0.3 is 14.6 Å². The van der Waals surface area contributed by atoms with Gasteiger partial charge in [0.1, 0.15) is 0 Å². The summed E-state index contributed by atoms with van der Waals surface area (Å²) in [7, 11) is 0. The van der Waals surface area contributed by atoms with Crippen LogP contribution in [-0.4, -0.2) is 40.5 Å². The van der Waals surface area contributed by atoms with Crippen LogP contribution < -0.4 is 5.32 Å². The van der Waals surface area contributed by atoms with Gasteiger partial charge >= 0.3 is 0 Å². The van der Waals surface area contributed by atoms with Crippen LogP contribution in [0.1, 0.15) is 44.9 Å². The summed E-state index contributed by atoms with van der Waals surface area (Å²) >= 11 is 1.51. The van der Waals surface area contributed by atoms with Gasteiger partial charge in [-0.1, -0.05) is 53.7 Å². The molecular formula is C24H31N3O2S. The van der Waals surface area contributed by atoms with Gasteiger partial charge in [0.2, 0.25) is 5.91 Å². The number of benzene rings is 1. The van der Waals surface area contributed by atoms with E-state index in [-0.39, 0.29) is 12.0 Å². The van der Waals surface area contributed by atoms with E-state index in [9.17, 15) is 4.79 Å². The third-order valence-electron chi connectivity index (χ3n) is 5.78. The van der Waals surface area contributed by atoms with Crippen LogP contribution in [0.15, 0.2) is 53.3 Å². The van der Waals surface area contributed by atoms with Crippen molar-refractivity contribution in [2.24, 2.45) is 0 Å². The standard InChI is InChI=1S/C24H31N3O2S/c28-23(25-14-13-19-8-3-1-4-9-19)18-30-24-26-16-22(20-10-5-2-6-11-20)27(24)17-21-12-7-15-29-21/h2,5-6,8,10-11,16,21H,1,3-4,7,9,12-15,17-18H2,(H,25,28). The smallest absolute Gasteiger partial charge is 0.230 e. The van der Waals surface area contributed by atoms with Crippen LogP contribution in [0.25, 0.3) is 11.3 Å². The minimum atomic E-state index is 0.0735. The second-order valence-corrected chi connectivity index (χ2v) is 8.98. The Kier molecular flexibility index (Phi) is 7.65. The zero-order chi connectivity index (χ0) is 20.6. The summed E-state index contributed by atoms with van der Waals surface area (Å²) in [5.74, 6) is 0.458. The highest BCUT2D eigenvalue weighted by atomic mass is 32.2. The Hall–Kier alpha value is -2.05. The summed E-state index contributed by atoms with van der Waals surface area (Å²) in [4.78, 5) is 17.0. The number of allylic oxidation sites excluding steroid dienone is 1. The molecule has 1 unspecified atom stereocenters. The summed E-state index contributed by atoms with van der Waals surface area (Å²) in [6.07, 6.45) is 12.6. The van der Waals surface area contributed by atoms with Crippen molar-refractivity contribution in [2.75, 3.05) is 18.9 Å². The Labute approximate surface area is 183 Å². The maximum absolute atomic E-state index is 12.4. The zero-order valence-corrected chi connectivity index (χ0v) is 18.3. The first-order valence-electron chi connectivity index (χ1n) is 11.1. The van der Waals surface area contributed by atoms with Gasteiger partial charge in [-0.2, -0.15) is 0 Å². The normalized spacial score (nSPS) is 18.9. The van der Waals surface area contributed by atoms with E-state index in [1.54, 1.807) is 0 Å². The first-order chi connectivity index (χ1) is 14.8. The molecule has 1 aliphatic carbocycles. The average molecular weight is 426 g/mol. The molecule has 1 fully saturated rings. The van der Waals surface area contributed by atoms with Gasteiger partial charge in [0.15, 0.2) is 5.16 Å². The van der Waals surface area contributed by atoms with E-state index in [4.69, 9.17) is 4.74 Å². The van der Waals surface area contributed by atoms with Gasteiger partial charge in [-0.25, -0.2) is 4.98 Å². The first-order valence-corrected chi connectivity index (χ1v) is 12.1. The number of carbonyl (C=O) groups excluding carboxylic acids is 1. The van der Waals surface area contributed by atoms with Crippen molar-refractivity contribution in [3.63, 3.8) is 0 Å². The van der Waals surface area contributed by atoms with Crippen LogP contribution in [0, 0.1) is 0 Å². The predicted molar refractivity (Wildman–Crippen MR) is 122 cm³/mol. The summed E-state index contributed by atoms with van der Waals surface area (Å²) < 4.78 is 8.08. The monoisotopic (exact) mass is 425 g/mol. The lowest BCUT2D eigenvalue weighted by atomic mass is 9.97. The Morgan fingerprint density at radius 1 is 1.23 bits per heavy atom. The Balaban J connectivity index is 1.36. The van der Waals surface area contributed by atoms with Crippen LogP contribution in [0.2, 0.25) is 0 Å². The number of nitrogens with zero attached hydrogens (tertiary/aromatic N) is 2. The van der Waals surface area contributed by atoms with Crippen molar-refractivity contribution in [1.82, 2.24) is 14.9 Å². The Morgan fingerprint density at radius 3 is 2.90 bits per heavy atom. The predicted octanol–water partition coefficient (Wildman–Crippen LogP) is 4.83. The molecule has 4 rings (SSSR count). The van der Waals surface area contributed by atoms with Gasteiger partial charge in [0.25, 0.3) is 0 Å². The molecule has 1 aromatic carbocycles. The third-order valence-corrected chi connectivity index (χ3v) is 6.77. The molecule has 6 heteroatoms. The van der Waals surface area contributed by atoms with Crippen molar-refractivity contribution in [2.45, 2.75) is 62.8 Å². The van der Waals surface area contributed by atoms with Gasteiger partial charge in [-0.15, -0.1) is 0 Å². The molecule has 2 heterocycles. The molecule has 0 spiro atoms. The number of carbonyl (C=O) groups is 1. The van der Waals surface area contributed by atoms with Crippen molar-refractivity contribution >= 4 is 17.7 Å². The molecule has 30 heavy (non-hydrogen) atoms. The second kappa shape index (κ2) is 10.8. The molecule has 1 amide bonds. The van der Waals surface area contributed by atoms with Gasteiger partial charge in [-0.3, -0.25) is 4.79 Å². The SMILES string of the molecule is O=C(CSc1ncc(-c2ccccc2)n1CC1CCCO1)NCCC1=CCCCC1. The third kappa shape index (κ3) is 5.76. The molecule has 1 N–H and O–H groups in total. The van der Waals surface area contributed by atoms with E-state index < -0.39 is 0 Å². The highest BCUT2D eigenvalue weighted by Gasteiger charge is 2.21. The van der Waals surface area contributed by atoms with Gasteiger partial charge in [0, 0.05) is 13.2 Å². The van der Waals surface area contributed by atoms with Crippen LogP contribution in [-0.2, 0) is 16.1 Å². The second-order valence-electron chi connectivity index (χ2n) is 8.03. The highest BCUT2D eigenvalue weighted by molar-refractivity contribution is 7.99. The van der Waals surface area contributed by atoms with Crippen molar-refractivity contribution in [3.05, 3.63) is 48.2 Å². The molecular weight excluding hydrogens is 394 g/mol. The fourth-order valence-electron chi connectivity index (χ4n) is 4.16. The first kappa shape index (κ1) is 21.2. The number of imidazole rings is 1. The van der Waals surface area contributed by atoms with E-state index in [0.717, 1.165) is 55.4 Å². The highest BCUT2D eigenvalue weighted by Crippen LogP contribution is 2.28. The summed E-state index contributed by atoms with van der Waals surface area (Å²) in [5.41, 5.74) is 3.71.